The van der Waals surface area contributed by atoms with Gasteiger partial charge in [-0.05, 0) is 25.5 Å². The Balaban J connectivity index is 0.000000342. The number of rotatable bonds is 3. The third kappa shape index (κ3) is 5.71. The standard InChI is InChI=1S/C8H11N.C4H5F3O3/c9-7-6-8-4-2-1-3-5-8;1-3(10,2(8)9)4(5,6)7/h1-5H,6-7,9H2;10H,1H3,(H,8,9). The number of hydrogen-bond donors (Lipinski definition) is 3. The molecule has 0 aliphatic carbocycles. The number of nitrogens with two attached hydrogens (primary N) is 1. The fraction of sp³-hybridized carbons (Fsp3) is 0.417. The van der Waals surface area contributed by atoms with E-state index in [2.05, 4.69) is 12.1 Å². The van der Waals surface area contributed by atoms with Gasteiger partial charge in [-0.2, -0.15) is 13.2 Å². The fourth-order valence-corrected chi connectivity index (χ4v) is 0.933. The number of carboxylic acid groups (broad SMARTS) is 1. The predicted octanol–water partition coefficient (Wildman–Crippen LogP) is 1.57. The summed E-state index contributed by atoms with van der Waals surface area (Å²) in [4.78, 5) is 9.70. The Kier molecular flexibility index (Phi) is 6.51. The molecule has 1 rings (SSSR count). The van der Waals surface area contributed by atoms with Gasteiger partial charge in [0, 0.05) is 0 Å². The molecule has 0 radical (unpaired) electrons. The highest BCUT2D eigenvalue weighted by molar-refractivity contribution is 5.77. The SMILES string of the molecule is CC(O)(C(=O)O)C(F)(F)F.NCCc1ccccc1. The lowest BCUT2D eigenvalue weighted by Gasteiger charge is -2.20. The molecule has 1 aromatic rings. The van der Waals surface area contributed by atoms with Crippen LogP contribution in [0.2, 0.25) is 0 Å². The van der Waals surface area contributed by atoms with Crippen LogP contribution < -0.4 is 5.73 Å². The Morgan fingerprint density at radius 1 is 1.26 bits per heavy atom. The van der Waals surface area contributed by atoms with Gasteiger partial charge in [-0.3, -0.25) is 0 Å². The lowest BCUT2D eigenvalue weighted by molar-refractivity contribution is -0.253. The van der Waals surface area contributed by atoms with Gasteiger partial charge in [-0.25, -0.2) is 4.79 Å². The van der Waals surface area contributed by atoms with E-state index in [1.165, 1.54) is 5.56 Å². The van der Waals surface area contributed by atoms with E-state index in [9.17, 15) is 18.0 Å². The van der Waals surface area contributed by atoms with Crippen LogP contribution >= 0.6 is 0 Å². The number of halogens is 3. The van der Waals surface area contributed by atoms with Crippen molar-refractivity contribution >= 4 is 5.97 Å². The van der Waals surface area contributed by atoms with Crippen LogP contribution in [0.1, 0.15) is 12.5 Å². The molecule has 7 heteroatoms. The second-order valence-electron chi connectivity index (χ2n) is 3.90. The molecule has 0 aromatic heterocycles. The molecule has 0 aliphatic heterocycles. The van der Waals surface area contributed by atoms with Crippen molar-refractivity contribution in [2.45, 2.75) is 25.1 Å². The third-order valence-electron chi connectivity index (χ3n) is 2.24. The van der Waals surface area contributed by atoms with E-state index in [-0.39, 0.29) is 6.92 Å². The summed E-state index contributed by atoms with van der Waals surface area (Å²) in [6.45, 7) is 0.916. The maximum absolute atomic E-state index is 11.5. The summed E-state index contributed by atoms with van der Waals surface area (Å²) in [6, 6.07) is 10.3. The van der Waals surface area contributed by atoms with Crippen LogP contribution in [-0.4, -0.2) is 34.5 Å². The first kappa shape index (κ1) is 17.4. The van der Waals surface area contributed by atoms with Crippen molar-refractivity contribution in [2.75, 3.05) is 6.54 Å². The Hall–Kier alpha value is -1.60. The highest BCUT2D eigenvalue weighted by atomic mass is 19.4. The molecule has 0 aliphatic rings. The maximum Gasteiger partial charge on any atom is 0.427 e. The molecular weight excluding hydrogens is 263 g/mol. The van der Waals surface area contributed by atoms with E-state index in [1.54, 1.807) is 0 Å². The van der Waals surface area contributed by atoms with Crippen LogP contribution in [0.3, 0.4) is 0 Å². The van der Waals surface area contributed by atoms with Crippen molar-refractivity contribution in [1.82, 2.24) is 0 Å². The number of carbonyl (C=O) groups is 1. The largest absolute Gasteiger partial charge is 0.479 e. The smallest absolute Gasteiger partial charge is 0.427 e. The first-order chi connectivity index (χ1) is 8.63. The minimum atomic E-state index is -5.13. The summed E-state index contributed by atoms with van der Waals surface area (Å²) in [5, 5.41) is 16.0. The van der Waals surface area contributed by atoms with Gasteiger partial charge in [0.15, 0.2) is 0 Å². The van der Waals surface area contributed by atoms with E-state index < -0.39 is 17.7 Å². The summed E-state index contributed by atoms with van der Waals surface area (Å²) < 4.78 is 34.4. The monoisotopic (exact) mass is 279 g/mol. The van der Waals surface area contributed by atoms with Crippen LogP contribution in [-0.2, 0) is 11.2 Å². The van der Waals surface area contributed by atoms with Crippen LogP contribution in [0.25, 0.3) is 0 Å². The molecule has 0 saturated carbocycles. The number of alkyl halides is 3. The van der Waals surface area contributed by atoms with E-state index >= 15 is 0 Å². The van der Waals surface area contributed by atoms with Gasteiger partial charge in [-0.15, -0.1) is 0 Å². The van der Waals surface area contributed by atoms with Crippen molar-refractivity contribution in [1.29, 1.82) is 0 Å². The lowest BCUT2D eigenvalue weighted by atomic mass is 10.1. The van der Waals surface area contributed by atoms with Gasteiger partial charge in [0.05, 0.1) is 0 Å². The van der Waals surface area contributed by atoms with Crippen LogP contribution in [0.4, 0.5) is 13.2 Å². The normalized spacial score (nSPS) is 14.0. The Labute approximate surface area is 108 Å². The Morgan fingerprint density at radius 3 is 2.00 bits per heavy atom. The number of aliphatic hydroxyl groups is 1. The molecule has 0 heterocycles. The van der Waals surface area contributed by atoms with E-state index in [1.807, 2.05) is 18.2 Å². The van der Waals surface area contributed by atoms with Crippen molar-refractivity contribution in [3.63, 3.8) is 0 Å². The van der Waals surface area contributed by atoms with Crippen molar-refractivity contribution in [3.05, 3.63) is 35.9 Å². The second kappa shape index (κ2) is 7.10. The van der Waals surface area contributed by atoms with Gasteiger partial charge < -0.3 is 15.9 Å². The van der Waals surface area contributed by atoms with Gasteiger partial charge in [0.1, 0.15) is 0 Å². The van der Waals surface area contributed by atoms with Crippen LogP contribution in [0.5, 0.6) is 0 Å². The topological polar surface area (TPSA) is 83.5 Å². The molecular formula is C12H16F3NO3. The molecule has 108 valence electrons. The van der Waals surface area contributed by atoms with E-state index in [0.717, 1.165) is 13.0 Å². The Morgan fingerprint density at radius 2 is 1.74 bits per heavy atom. The van der Waals surface area contributed by atoms with Crippen LogP contribution in [0, 0.1) is 0 Å². The zero-order chi connectivity index (χ0) is 15.1. The van der Waals surface area contributed by atoms with E-state index in [0.29, 0.717) is 0 Å². The van der Waals surface area contributed by atoms with Crippen molar-refractivity contribution < 1.29 is 28.2 Å². The summed E-state index contributed by atoms with van der Waals surface area (Å²) in [6.07, 6.45) is -4.14. The van der Waals surface area contributed by atoms with Gasteiger partial charge >= 0.3 is 12.1 Å². The number of aliphatic carboxylic acids is 1. The number of benzene rings is 1. The predicted molar refractivity (Wildman–Crippen MR) is 63.5 cm³/mol. The zero-order valence-electron chi connectivity index (χ0n) is 10.3. The molecule has 0 saturated heterocycles. The molecule has 4 nitrogen and oxygen atoms in total. The molecule has 19 heavy (non-hydrogen) atoms. The average molecular weight is 279 g/mol. The van der Waals surface area contributed by atoms with Gasteiger partial charge in [-0.1, -0.05) is 30.3 Å². The molecule has 0 fully saturated rings. The highest BCUT2D eigenvalue weighted by Gasteiger charge is 2.56. The van der Waals surface area contributed by atoms with Crippen molar-refractivity contribution in [3.8, 4) is 0 Å². The first-order valence-electron chi connectivity index (χ1n) is 5.39. The van der Waals surface area contributed by atoms with Gasteiger partial charge in [0.2, 0.25) is 0 Å². The first-order valence-corrected chi connectivity index (χ1v) is 5.39. The fourth-order valence-electron chi connectivity index (χ4n) is 0.933. The molecule has 0 spiro atoms. The summed E-state index contributed by atoms with van der Waals surface area (Å²) in [5.41, 5.74) is 3.03. The van der Waals surface area contributed by atoms with Gasteiger partial charge in [0.25, 0.3) is 5.60 Å². The van der Waals surface area contributed by atoms with E-state index in [4.69, 9.17) is 15.9 Å². The van der Waals surface area contributed by atoms with Crippen LogP contribution in [0.15, 0.2) is 30.3 Å². The summed E-state index contributed by atoms with van der Waals surface area (Å²) in [7, 11) is 0. The number of hydrogen-bond acceptors (Lipinski definition) is 3. The maximum atomic E-state index is 11.5. The molecule has 1 aromatic carbocycles. The quantitative estimate of drug-likeness (QED) is 0.784. The molecule has 4 N–H and O–H groups in total. The summed E-state index contributed by atoms with van der Waals surface area (Å²) in [5.74, 6) is -2.31. The number of carboxylic acids is 1. The highest BCUT2D eigenvalue weighted by Crippen LogP contribution is 2.29. The zero-order valence-corrected chi connectivity index (χ0v) is 10.3. The average Bonchev–Trinajstić information content (AvgIpc) is 2.30. The minimum absolute atomic E-state index is 0.176. The molecule has 1 atom stereocenters. The lowest BCUT2D eigenvalue weighted by Crippen LogP contribution is -2.49. The Bertz CT molecular complexity index is 391. The summed E-state index contributed by atoms with van der Waals surface area (Å²) >= 11 is 0. The molecule has 0 amide bonds. The molecule has 1 unspecified atom stereocenters. The van der Waals surface area contributed by atoms with Crippen molar-refractivity contribution in [2.24, 2.45) is 5.73 Å². The minimum Gasteiger partial charge on any atom is -0.479 e. The molecule has 0 bridgehead atoms. The second-order valence-corrected chi connectivity index (χ2v) is 3.90. The third-order valence-corrected chi connectivity index (χ3v) is 2.24.